The molecule has 2 nitrogen and oxygen atoms in total. The number of rotatable bonds is 2. The van der Waals surface area contributed by atoms with E-state index in [2.05, 4.69) is 4.99 Å². The fraction of sp³-hybridized carbons (Fsp3) is 0.222. The number of hydrogen-bond acceptors (Lipinski definition) is 3. The van der Waals surface area contributed by atoms with Crippen LogP contribution >= 0.6 is 11.8 Å². The van der Waals surface area contributed by atoms with Gasteiger partial charge in [0.2, 0.25) is 6.08 Å². The minimum atomic E-state index is -4.34. The number of hydrogen-bond donors (Lipinski definition) is 0. The Kier molecular flexibility index (Phi) is 3.55. The number of carbonyl (C=O) groups excluding carboxylic acids is 1. The van der Waals surface area contributed by atoms with Crippen LogP contribution in [0.25, 0.3) is 0 Å². The molecule has 1 aromatic rings. The molecule has 0 saturated heterocycles. The van der Waals surface area contributed by atoms with Crippen molar-refractivity contribution in [3.8, 4) is 0 Å². The molecule has 0 aliphatic rings. The van der Waals surface area contributed by atoms with Gasteiger partial charge in [0, 0.05) is 4.90 Å². The highest BCUT2D eigenvalue weighted by atomic mass is 32.2. The lowest BCUT2D eigenvalue weighted by Gasteiger charge is -2.06. The van der Waals surface area contributed by atoms with Crippen molar-refractivity contribution in [2.24, 2.45) is 4.99 Å². The van der Waals surface area contributed by atoms with Gasteiger partial charge in [-0.15, -0.1) is 0 Å². The van der Waals surface area contributed by atoms with Crippen LogP contribution in [0.3, 0.4) is 0 Å². The maximum absolute atomic E-state index is 12.0. The van der Waals surface area contributed by atoms with Gasteiger partial charge in [0.25, 0.3) is 0 Å². The van der Waals surface area contributed by atoms with Crippen molar-refractivity contribution >= 4 is 23.5 Å². The largest absolute Gasteiger partial charge is 0.446 e. The Morgan fingerprint density at radius 2 is 2.07 bits per heavy atom. The Labute approximate surface area is 88.2 Å². The number of alkyl halides is 3. The van der Waals surface area contributed by atoms with Crippen LogP contribution in [0.5, 0.6) is 0 Å². The molecule has 0 aliphatic heterocycles. The van der Waals surface area contributed by atoms with E-state index in [0.717, 1.165) is 0 Å². The molecule has 0 spiro atoms. The molecule has 0 atom stereocenters. The summed E-state index contributed by atoms with van der Waals surface area (Å²) in [6.07, 6.45) is 1.30. The highest BCUT2D eigenvalue weighted by Crippen LogP contribution is 2.38. The lowest BCUT2D eigenvalue weighted by molar-refractivity contribution is -0.0328. The van der Waals surface area contributed by atoms with Gasteiger partial charge in [0.15, 0.2) is 0 Å². The van der Waals surface area contributed by atoms with Crippen molar-refractivity contribution < 1.29 is 18.0 Å². The van der Waals surface area contributed by atoms with Crippen molar-refractivity contribution in [2.75, 3.05) is 0 Å². The third-order valence-corrected chi connectivity index (χ3v) is 2.30. The summed E-state index contributed by atoms with van der Waals surface area (Å²) in [4.78, 5) is 13.3. The van der Waals surface area contributed by atoms with E-state index in [1.54, 1.807) is 6.92 Å². The number of aryl methyl sites for hydroxylation is 1. The van der Waals surface area contributed by atoms with Crippen molar-refractivity contribution in [3.63, 3.8) is 0 Å². The predicted octanol–water partition coefficient (Wildman–Crippen LogP) is 3.57. The molecule has 0 bridgehead atoms. The molecule has 0 fully saturated rings. The predicted molar refractivity (Wildman–Crippen MR) is 50.9 cm³/mol. The van der Waals surface area contributed by atoms with Crippen LogP contribution in [0.15, 0.2) is 28.1 Å². The lowest BCUT2D eigenvalue weighted by atomic mass is 10.2. The summed E-state index contributed by atoms with van der Waals surface area (Å²) < 4.78 is 36.0. The Hall–Kier alpha value is -1.26. The molecule has 0 amide bonds. The van der Waals surface area contributed by atoms with Crippen LogP contribution in [0.2, 0.25) is 0 Å². The van der Waals surface area contributed by atoms with E-state index in [1.807, 2.05) is 0 Å². The molecule has 0 heterocycles. The van der Waals surface area contributed by atoms with Gasteiger partial charge in [-0.2, -0.15) is 18.2 Å². The number of aliphatic imine (C=N–C) groups is 1. The van der Waals surface area contributed by atoms with E-state index in [4.69, 9.17) is 0 Å². The summed E-state index contributed by atoms with van der Waals surface area (Å²) in [5.74, 6) is 0. The normalized spacial score (nSPS) is 10.9. The molecule has 6 heteroatoms. The summed E-state index contributed by atoms with van der Waals surface area (Å²) in [6.45, 7) is 1.65. The summed E-state index contributed by atoms with van der Waals surface area (Å²) in [5.41, 5.74) is -3.50. The Morgan fingerprint density at radius 3 is 2.60 bits per heavy atom. The Balaban J connectivity index is 3.02. The molecule has 0 radical (unpaired) electrons. The minimum Gasteiger partial charge on any atom is -0.211 e. The Morgan fingerprint density at radius 1 is 1.40 bits per heavy atom. The zero-order valence-corrected chi connectivity index (χ0v) is 8.45. The second-order valence-corrected chi connectivity index (χ2v) is 3.84. The van der Waals surface area contributed by atoms with Crippen LogP contribution in [-0.2, 0) is 4.79 Å². The van der Waals surface area contributed by atoms with E-state index in [9.17, 15) is 18.0 Å². The van der Waals surface area contributed by atoms with Crippen molar-refractivity contribution in [1.82, 2.24) is 0 Å². The van der Waals surface area contributed by atoms with E-state index < -0.39 is 5.51 Å². The first-order chi connectivity index (χ1) is 6.92. The van der Waals surface area contributed by atoms with Crippen molar-refractivity contribution in [2.45, 2.75) is 17.3 Å². The molecule has 0 aromatic heterocycles. The molecule has 0 saturated carbocycles. The monoisotopic (exact) mass is 233 g/mol. The minimum absolute atomic E-state index is 0.00194. The van der Waals surface area contributed by atoms with Crippen LogP contribution in [0, 0.1) is 6.92 Å². The lowest BCUT2D eigenvalue weighted by Crippen LogP contribution is -1.98. The number of benzene rings is 1. The first kappa shape index (κ1) is 11.8. The van der Waals surface area contributed by atoms with Gasteiger partial charge < -0.3 is 0 Å². The topological polar surface area (TPSA) is 29.4 Å². The summed E-state index contributed by atoms with van der Waals surface area (Å²) in [5, 5.41) is 0. The average Bonchev–Trinajstić information content (AvgIpc) is 2.09. The zero-order valence-electron chi connectivity index (χ0n) is 7.63. The fourth-order valence-corrected chi connectivity index (χ4v) is 1.53. The average molecular weight is 233 g/mol. The number of halogens is 3. The SMILES string of the molecule is Cc1ccc(SC(F)(F)F)cc1N=C=O. The van der Waals surface area contributed by atoms with Crippen LogP contribution in [0.4, 0.5) is 18.9 Å². The van der Waals surface area contributed by atoms with Crippen molar-refractivity contribution in [1.29, 1.82) is 0 Å². The van der Waals surface area contributed by atoms with Gasteiger partial charge in [-0.3, -0.25) is 0 Å². The van der Waals surface area contributed by atoms with Crippen LogP contribution < -0.4 is 0 Å². The van der Waals surface area contributed by atoms with Gasteiger partial charge in [-0.05, 0) is 36.4 Å². The molecule has 0 unspecified atom stereocenters. The quantitative estimate of drug-likeness (QED) is 0.444. The number of isocyanates is 1. The fourth-order valence-electron chi connectivity index (χ4n) is 0.956. The van der Waals surface area contributed by atoms with Crippen LogP contribution in [-0.4, -0.2) is 11.6 Å². The molecular weight excluding hydrogens is 227 g/mol. The Bertz CT molecular complexity index is 410. The molecule has 1 aromatic carbocycles. The maximum Gasteiger partial charge on any atom is 0.446 e. The van der Waals surface area contributed by atoms with Gasteiger partial charge in [-0.25, -0.2) is 4.79 Å². The zero-order chi connectivity index (χ0) is 11.5. The second-order valence-electron chi connectivity index (χ2n) is 2.70. The van der Waals surface area contributed by atoms with E-state index in [0.29, 0.717) is 5.56 Å². The summed E-state index contributed by atoms with van der Waals surface area (Å²) >= 11 is -0.240. The third-order valence-electron chi connectivity index (χ3n) is 1.58. The van der Waals surface area contributed by atoms with Crippen molar-refractivity contribution in [3.05, 3.63) is 23.8 Å². The summed E-state index contributed by atoms with van der Waals surface area (Å²) in [6, 6.07) is 4.01. The van der Waals surface area contributed by atoms with E-state index in [1.165, 1.54) is 24.3 Å². The first-order valence-electron chi connectivity index (χ1n) is 3.86. The second kappa shape index (κ2) is 4.51. The first-order valence-corrected chi connectivity index (χ1v) is 4.68. The number of nitrogens with zero attached hydrogens (tertiary/aromatic N) is 1. The van der Waals surface area contributed by atoms with Gasteiger partial charge in [-0.1, -0.05) is 6.07 Å². The molecule has 80 valence electrons. The van der Waals surface area contributed by atoms with Crippen LogP contribution in [0.1, 0.15) is 5.56 Å². The molecule has 0 N–H and O–H groups in total. The highest BCUT2D eigenvalue weighted by Gasteiger charge is 2.29. The maximum atomic E-state index is 12.0. The third kappa shape index (κ3) is 3.77. The summed E-state index contributed by atoms with van der Waals surface area (Å²) in [7, 11) is 0. The highest BCUT2D eigenvalue weighted by molar-refractivity contribution is 8.00. The standard InChI is InChI=1S/C9H6F3NOS/c1-6-2-3-7(15-9(10,11)12)4-8(6)13-5-14/h2-4H,1H3. The molecular formula is C9H6F3NOS. The smallest absolute Gasteiger partial charge is 0.211 e. The molecule has 15 heavy (non-hydrogen) atoms. The van der Waals surface area contributed by atoms with Gasteiger partial charge >= 0.3 is 5.51 Å². The van der Waals surface area contributed by atoms with E-state index in [-0.39, 0.29) is 22.3 Å². The van der Waals surface area contributed by atoms with Gasteiger partial charge in [0.05, 0.1) is 5.69 Å². The molecule has 0 aliphatic carbocycles. The van der Waals surface area contributed by atoms with Gasteiger partial charge in [0.1, 0.15) is 0 Å². The molecule has 1 rings (SSSR count). The van der Waals surface area contributed by atoms with E-state index >= 15 is 0 Å². The number of thioether (sulfide) groups is 1.